The van der Waals surface area contributed by atoms with Crippen LogP contribution in [0.3, 0.4) is 0 Å². The first-order chi connectivity index (χ1) is 9.72. The number of hydrogen-bond donors (Lipinski definition) is 1. The van der Waals surface area contributed by atoms with Gasteiger partial charge in [-0.2, -0.15) is 0 Å². The molecule has 0 saturated heterocycles. The van der Waals surface area contributed by atoms with Gasteiger partial charge in [0.1, 0.15) is 0 Å². The fraction of sp³-hybridized carbons (Fsp3) is 0.125. The lowest BCUT2D eigenvalue weighted by atomic mass is 10.1. The molecule has 2 aromatic heterocycles. The Kier molecular flexibility index (Phi) is 3.52. The van der Waals surface area contributed by atoms with Crippen LogP contribution in [0.5, 0.6) is 0 Å². The summed E-state index contributed by atoms with van der Waals surface area (Å²) in [6, 6.07) is 10.3. The third kappa shape index (κ3) is 2.73. The zero-order chi connectivity index (χ0) is 13.9. The summed E-state index contributed by atoms with van der Waals surface area (Å²) in [4.78, 5) is 8.25. The van der Waals surface area contributed by atoms with E-state index in [0.717, 1.165) is 16.6 Å². The quantitative estimate of drug-likeness (QED) is 0.732. The average molecular weight is 284 g/mol. The van der Waals surface area contributed by atoms with E-state index in [1.54, 1.807) is 12.4 Å². The molecular formula is C16H14ClN3. The number of pyridine rings is 2. The lowest BCUT2D eigenvalue weighted by Crippen LogP contribution is -2.01. The van der Waals surface area contributed by atoms with E-state index in [-0.39, 0.29) is 0 Å². The van der Waals surface area contributed by atoms with Gasteiger partial charge in [0.15, 0.2) is 5.15 Å². The van der Waals surface area contributed by atoms with Crippen molar-refractivity contribution < 1.29 is 0 Å². The molecule has 1 aromatic carbocycles. The predicted octanol–water partition coefficient (Wildman–Crippen LogP) is 4.20. The SMILES string of the molecule is Cc1cnc(Cl)c(NCc2ccc3cnccc3c2)c1. The van der Waals surface area contributed by atoms with Crippen LogP contribution < -0.4 is 5.32 Å². The molecule has 0 spiro atoms. The molecule has 0 atom stereocenters. The van der Waals surface area contributed by atoms with Crippen molar-refractivity contribution in [1.82, 2.24) is 9.97 Å². The molecule has 0 aliphatic carbocycles. The molecule has 0 aliphatic heterocycles. The zero-order valence-corrected chi connectivity index (χ0v) is 11.9. The molecule has 0 unspecified atom stereocenters. The molecule has 2 heterocycles. The second kappa shape index (κ2) is 5.47. The van der Waals surface area contributed by atoms with Crippen molar-refractivity contribution in [2.24, 2.45) is 0 Å². The van der Waals surface area contributed by atoms with Crippen LogP contribution in [-0.4, -0.2) is 9.97 Å². The molecule has 0 radical (unpaired) electrons. The Hall–Kier alpha value is -2.13. The number of rotatable bonds is 3. The first kappa shape index (κ1) is 12.9. The minimum atomic E-state index is 0.501. The van der Waals surface area contributed by atoms with Gasteiger partial charge in [0.25, 0.3) is 0 Å². The first-order valence-corrected chi connectivity index (χ1v) is 6.79. The maximum atomic E-state index is 6.08. The summed E-state index contributed by atoms with van der Waals surface area (Å²) in [5.74, 6) is 0. The van der Waals surface area contributed by atoms with Crippen molar-refractivity contribution >= 4 is 28.1 Å². The van der Waals surface area contributed by atoms with Crippen molar-refractivity contribution in [2.75, 3.05) is 5.32 Å². The molecule has 4 heteroatoms. The van der Waals surface area contributed by atoms with Crippen LogP contribution in [0.25, 0.3) is 10.8 Å². The van der Waals surface area contributed by atoms with Crippen molar-refractivity contribution in [1.29, 1.82) is 0 Å². The van der Waals surface area contributed by atoms with Crippen LogP contribution in [0.1, 0.15) is 11.1 Å². The lowest BCUT2D eigenvalue weighted by molar-refractivity contribution is 1.13. The summed E-state index contributed by atoms with van der Waals surface area (Å²) in [6.07, 6.45) is 5.44. The monoisotopic (exact) mass is 283 g/mol. The molecule has 1 N–H and O–H groups in total. The van der Waals surface area contributed by atoms with E-state index in [9.17, 15) is 0 Å². The highest BCUT2D eigenvalue weighted by atomic mass is 35.5. The van der Waals surface area contributed by atoms with Crippen LogP contribution >= 0.6 is 11.6 Å². The number of nitrogens with one attached hydrogen (secondary N) is 1. The van der Waals surface area contributed by atoms with Gasteiger partial charge < -0.3 is 5.32 Å². The number of aryl methyl sites for hydroxylation is 1. The van der Waals surface area contributed by atoms with E-state index in [4.69, 9.17) is 11.6 Å². The Morgan fingerprint density at radius 1 is 1.10 bits per heavy atom. The number of anilines is 1. The van der Waals surface area contributed by atoms with Crippen molar-refractivity contribution in [3.63, 3.8) is 0 Å². The van der Waals surface area contributed by atoms with Gasteiger partial charge in [-0.05, 0) is 41.6 Å². The van der Waals surface area contributed by atoms with Gasteiger partial charge >= 0.3 is 0 Å². The molecular weight excluding hydrogens is 270 g/mol. The van der Waals surface area contributed by atoms with Gasteiger partial charge in [-0.1, -0.05) is 23.7 Å². The second-order valence-electron chi connectivity index (χ2n) is 4.76. The smallest absolute Gasteiger partial charge is 0.152 e. The highest BCUT2D eigenvalue weighted by Gasteiger charge is 2.02. The maximum Gasteiger partial charge on any atom is 0.152 e. The number of aromatic nitrogens is 2. The van der Waals surface area contributed by atoms with Crippen LogP contribution in [-0.2, 0) is 6.54 Å². The summed E-state index contributed by atoms with van der Waals surface area (Å²) >= 11 is 6.08. The molecule has 100 valence electrons. The molecule has 0 aliphatic rings. The molecule has 20 heavy (non-hydrogen) atoms. The summed E-state index contributed by atoms with van der Waals surface area (Å²) in [5.41, 5.74) is 3.14. The van der Waals surface area contributed by atoms with E-state index in [1.807, 2.05) is 25.3 Å². The van der Waals surface area contributed by atoms with Crippen LogP contribution in [0, 0.1) is 6.92 Å². The first-order valence-electron chi connectivity index (χ1n) is 6.41. The maximum absolute atomic E-state index is 6.08. The van der Waals surface area contributed by atoms with Crippen LogP contribution in [0.4, 0.5) is 5.69 Å². The Bertz CT molecular complexity index is 756. The highest BCUT2D eigenvalue weighted by molar-refractivity contribution is 6.31. The van der Waals surface area contributed by atoms with Crippen LogP contribution in [0.2, 0.25) is 5.15 Å². The normalized spacial score (nSPS) is 10.7. The third-order valence-electron chi connectivity index (χ3n) is 3.16. The van der Waals surface area contributed by atoms with Crippen molar-refractivity contribution in [3.05, 3.63) is 65.2 Å². The van der Waals surface area contributed by atoms with E-state index in [2.05, 4.69) is 33.5 Å². The average Bonchev–Trinajstić information content (AvgIpc) is 2.48. The number of benzene rings is 1. The predicted molar refractivity (Wildman–Crippen MR) is 83.1 cm³/mol. The molecule has 0 bridgehead atoms. The van der Waals surface area contributed by atoms with Gasteiger partial charge in [0, 0.05) is 30.5 Å². The summed E-state index contributed by atoms with van der Waals surface area (Å²) in [5, 5.41) is 6.16. The third-order valence-corrected chi connectivity index (χ3v) is 3.46. The largest absolute Gasteiger partial charge is 0.378 e. The Labute approximate surface area is 122 Å². The number of fused-ring (bicyclic) bond motifs is 1. The standard InChI is InChI=1S/C16H14ClN3/c1-11-6-15(16(17)20-8-11)19-9-12-2-3-14-10-18-5-4-13(14)7-12/h2-8,10,19H,9H2,1H3. The highest BCUT2D eigenvalue weighted by Crippen LogP contribution is 2.21. The lowest BCUT2D eigenvalue weighted by Gasteiger charge is -2.09. The van der Waals surface area contributed by atoms with Gasteiger partial charge in [-0.15, -0.1) is 0 Å². The van der Waals surface area contributed by atoms with Gasteiger partial charge in [0.05, 0.1) is 5.69 Å². The molecule has 3 rings (SSSR count). The number of hydrogen-bond acceptors (Lipinski definition) is 3. The fourth-order valence-corrected chi connectivity index (χ4v) is 2.29. The minimum Gasteiger partial charge on any atom is -0.378 e. The molecule has 0 amide bonds. The minimum absolute atomic E-state index is 0.501. The van der Waals surface area contributed by atoms with E-state index >= 15 is 0 Å². The van der Waals surface area contributed by atoms with E-state index in [1.165, 1.54) is 10.9 Å². The molecule has 0 fully saturated rings. The Morgan fingerprint density at radius 3 is 2.90 bits per heavy atom. The van der Waals surface area contributed by atoms with E-state index in [0.29, 0.717) is 11.7 Å². The Morgan fingerprint density at radius 2 is 2.00 bits per heavy atom. The number of halogens is 1. The summed E-state index contributed by atoms with van der Waals surface area (Å²) < 4.78 is 0. The van der Waals surface area contributed by atoms with Gasteiger partial charge in [-0.25, -0.2) is 4.98 Å². The fourth-order valence-electron chi connectivity index (χ4n) is 2.12. The van der Waals surface area contributed by atoms with Gasteiger partial charge in [-0.3, -0.25) is 4.98 Å². The Balaban J connectivity index is 1.81. The van der Waals surface area contributed by atoms with Crippen LogP contribution in [0.15, 0.2) is 48.9 Å². The van der Waals surface area contributed by atoms with Crippen molar-refractivity contribution in [2.45, 2.75) is 13.5 Å². The topological polar surface area (TPSA) is 37.8 Å². The molecule has 3 nitrogen and oxygen atoms in total. The van der Waals surface area contributed by atoms with E-state index < -0.39 is 0 Å². The number of nitrogens with zero attached hydrogens (tertiary/aromatic N) is 2. The summed E-state index contributed by atoms with van der Waals surface area (Å²) in [7, 11) is 0. The second-order valence-corrected chi connectivity index (χ2v) is 5.12. The molecule has 0 saturated carbocycles. The zero-order valence-electron chi connectivity index (χ0n) is 11.1. The molecule has 3 aromatic rings. The van der Waals surface area contributed by atoms with Crippen molar-refractivity contribution in [3.8, 4) is 0 Å². The van der Waals surface area contributed by atoms with Gasteiger partial charge in [0.2, 0.25) is 0 Å². The summed E-state index contributed by atoms with van der Waals surface area (Å²) in [6.45, 7) is 2.71.